The highest BCUT2D eigenvalue weighted by molar-refractivity contribution is 7.89. The zero-order valence-electron chi connectivity index (χ0n) is 15.7. The molecule has 0 unspecified atom stereocenters. The molecule has 154 valence electrons. The lowest BCUT2D eigenvalue weighted by molar-refractivity contribution is -0.139. The zero-order valence-corrected chi connectivity index (χ0v) is 16.5. The van der Waals surface area contributed by atoms with E-state index in [1.807, 2.05) is 6.07 Å². The first kappa shape index (κ1) is 21.6. The van der Waals surface area contributed by atoms with E-state index in [9.17, 15) is 26.9 Å². The molecule has 0 atom stereocenters. The third kappa shape index (κ3) is 4.70. The molecule has 0 aliphatic rings. The normalized spacial score (nSPS) is 12.0. The molecule has 0 fully saturated rings. The first-order valence-corrected chi connectivity index (χ1v) is 10.4. The molecule has 30 heavy (non-hydrogen) atoms. The maximum Gasteiger partial charge on any atom is 0.417 e. The molecule has 0 amide bonds. The summed E-state index contributed by atoms with van der Waals surface area (Å²) in [7, 11) is -4.53. The van der Waals surface area contributed by atoms with Gasteiger partial charge in [-0.15, -0.1) is 0 Å². The van der Waals surface area contributed by atoms with Gasteiger partial charge in [0.05, 0.1) is 22.1 Å². The summed E-state index contributed by atoms with van der Waals surface area (Å²) in [6.07, 6.45) is -4.83. The molecule has 3 aromatic carbocycles. The Bertz CT molecular complexity index is 1170. The maximum atomic E-state index is 13.5. The number of halogens is 3. The molecular formula is C22H17F3N2O2S. The number of sulfonamides is 1. The lowest BCUT2D eigenvalue weighted by Crippen LogP contribution is -2.32. The quantitative estimate of drug-likeness (QED) is 0.555. The van der Waals surface area contributed by atoms with Crippen molar-refractivity contribution in [2.75, 3.05) is 0 Å². The van der Waals surface area contributed by atoms with Crippen molar-refractivity contribution >= 4 is 10.0 Å². The van der Waals surface area contributed by atoms with Crippen LogP contribution in [0, 0.1) is 11.3 Å². The van der Waals surface area contributed by atoms with Crippen molar-refractivity contribution in [1.82, 2.24) is 4.31 Å². The average Bonchev–Trinajstić information content (AvgIpc) is 2.74. The van der Waals surface area contributed by atoms with Crippen LogP contribution in [0.5, 0.6) is 0 Å². The van der Waals surface area contributed by atoms with E-state index in [-0.39, 0.29) is 18.7 Å². The van der Waals surface area contributed by atoms with Gasteiger partial charge in [-0.2, -0.15) is 22.7 Å². The van der Waals surface area contributed by atoms with Gasteiger partial charge in [0.2, 0.25) is 10.0 Å². The summed E-state index contributed by atoms with van der Waals surface area (Å²) in [5.74, 6) is 0. The van der Waals surface area contributed by atoms with Crippen molar-refractivity contribution in [2.45, 2.75) is 24.2 Å². The molecule has 0 saturated carbocycles. The topological polar surface area (TPSA) is 61.2 Å². The first-order chi connectivity index (χ1) is 14.2. The summed E-state index contributed by atoms with van der Waals surface area (Å²) in [4.78, 5) is -0.817. The Kier molecular flexibility index (Phi) is 6.25. The molecule has 4 nitrogen and oxygen atoms in total. The number of nitrogens with zero attached hydrogens (tertiary/aromatic N) is 2. The molecule has 0 bridgehead atoms. The van der Waals surface area contributed by atoms with E-state index in [0.29, 0.717) is 11.1 Å². The van der Waals surface area contributed by atoms with Gasteiger partial charge in [0.1, 0.15) is 0 Å². The number of nitriles is 1. The Morgan fingerprint density at radius 3 is 2.10 bits per heavy atom. The van der Waals surface area contributed by atoms with Gasteiger partial charge in [0, 0.05) is 13.1 Å². The molecule has 0 saturated heterocycles. The third-order valence-electron chi connectivity index (χ3n) is 4.50. The zero-order chi connectivity index (χ0) is 21.8. The van der Waals surface area contributed by atoms with E-state index in [1.54, 1.807) is 48.5 Å². The monoisotopic (exact) mass is 430 g/mol. The summed E-state index contributed by atoms with van der Waals surface area (Å²) < 4.78 is 68.1. The highest BCUT2D eigenvalue weighted by atomic mass is 32.2. The van der Waals surface area contributed by atoms with Crippen LogP contribution in [-0.2, 0) is 29.3 Å². The fraction of sp³-hybridized carbons (Fsp3) is 0.136. The van der Waals surface area contributed by atoms with E-state index < -0.39 is 26.7 Å². The highest BCUT2D eigenvalue weighted by Crippen LogP contribution is 2.36. The van der Waals surface area contributed by atoms with Crippen LogP contribution < -0.4 is 0 Å². The van der Waals surface area contributed by atoms with Gasteiger partial charge < -0.3 is 0 Å². The lowest BCUT2D eigenvalue weighted by atomic mass is 10.1. The predicted octanol–water partition coefficient (Wildman–Crippen LogP) is 4.97. The molecule has 0 aromatic heterocycles. The van der Waals surface area contributed by atoms with Crippen LogP contribution in [-0.4, -0.2) is 12.7 Å². The van der Waals surface area contributed by atoms with Crippen LogP contribution in [0.15, 0.2) is 83.8 Å². The second kappa shape index (κ2) is 8.69. The second-order valence-electron chi connectivity index (χ2n) is 6.52. The fourth-order valence-corrected chi connectivity index (χ4v) is 4.65. The predicted molar refractivity (Wildman–Crippen MR) is 105 cm³/mol. The highest BCUT2D eigenvalue weighted by Gasteiger charge is 2.39. The summed E-state index contributed by atoms with van der Waals surface area (Å²) in [5.41, 5.74) is 0.0514. The SMILES string of the molecule is N#Cc1ccccc1CN(Cc1ccccc1)S(=O)(=O)c1ccccc1C(F)(F)F. The standard InChI is InChI=1S/C22H17F3N2O2S/c23-22(24,25)20-12-6-7-13-21(20)30(28,29)27(15-17-8-2-1-3-9-17)16-19-11-5-4-10-18(19)14-26/h1-13H,15-16H2. The van der Waals surface area contributed by atoms with Gasteiger partial charge in [-0.25, -0.2) is 8.42 Å². The Morgan fingerprint density at radius 1 is 0.833 bits per heavy atom. The number of rotatable bonds is 6. The number of benzene rings is 3. The van der Waals surface area contributed by atoms with E-state index >= 15 is 0 Å². The molecule has 0 spiro atoms. The van der Waals surface area contributed by atoms with Gasteiger partial charge in [-0.3, -0.25) is 0 Å². The summed E-state index contributed by atoms with van der Waals surface area (Å²) in [6.45, 7) is -0.387. The van der Waals surface area contributed by atoms with E-state index in [1.165, 1.54) is 12.1 Å². The van der Waals surface area contributed by atoms with Gasteiger partial charge >= 0.3 is 6.18 Å². The van der Waals surface area contributed by atoms with Gasteiger partial charge in [0.15, 0.2) is 0 Å². The fourth-order valence-electron chi connectivity index (χ4n) is 3.04. The number of hydrogen-bond acceptors (Lipinski definition) is 3. The van der Waals surface area contributed by atoms with E-state index in [2.05, 4.69) is 0 Å². The smallest absolute Gasteiger partial charge is 0.207 e. The minimum absolute atomic E-state index is 0.144. The van der Waals surface area contributed by atoms with Gasteiger partial charge in [-0.1, -0.05) is 60.7 Å². The van der Waals surface area contributed by atoms with Crippen LogP contribution >= 0.6 is 0 Å². The molecule has 8 heteroatoms. The third-order valence-corrected chi connectivity index (χ3v) is 6.35. The Balaban J connectivity index is 2.11. The van der Waals surface area contributed by atoms with Gasteiger partial charge in [-0.05, 0) is 29.3 Å². The van der Waals surface area contributed by atoms with Crippen molar-refractivity contribution in [3.63, 3.8) is 0 Å². The minimum Gasteiger partial charge on any atom is -0.207 e. The molecule has 0 heterocycles. The molecule has 0 aliphatic carbocycles. The molecule has 0 N–H and O–H groups in total. The largest absolute Gasteiger partial charge is 0.417 e. The van der Waals surface area contributed by atoms with Crippen LogP contribution in [0.3, 0.4) is 0 Å². The van der Waals surface area contributed by atoms with E-state index in [4.69, 9.17) is 0 Å². The van der Waals surface area contributed by atoms with E-state index in [0.717, 1.165) is 22.5 Å². The Morgan fingerprint density at radius 2 is 1.43 bits per heavy atom. The molecule has 3 aromatic rings. The summed E-state index contributed by atoms with van der Waals surface area (Å²) in [6, 6.07) is 21.1. The summed E-state index contributed by atoms with van der Waals surface area (Å²) >= 11 is 0. The second-order valence-corrected chi connectivity index (χ2v) is 8.43. The van der Waals surface area contributed by atoms with Crippen molar-refractivity contribution < 1.29 is 21.6 Å². The lowest BCUT2D eigenvalue weighted by Gasteiger charge is -2.24. The van der Waals surface area contributed by atoms with Crippen LogP contribution in [0.25, 0.3) is 0 Å². The number of alkyl halides is 3. The molecule has 0 radical (unpaired) electrons. The molecular weight excluding hydrogens is 413 g/mol. The van der Waals surface area contributed by atoms with Crippen LogP contribution in [0.4, 0.5) is 13.2 Å². The van der Waals surface area contributed by atoms with Crippen molar-refractivity contribution in [2.24, 2.45) is 0 Å². The van der Waals surface area contributed by atoms with Gasteiger partial charge in [0.25, 0.3) is 0 Å². The summed E-state index contributed by atoms with van der Waals surface area (Å²) in [5, 5.41) is 9.32. The maximum absolute atomic E-state index is 13.5. The van der Waals surface area contributed by atoms with Crippen LogP contribution in [0.2, 0.25) is 0 Å². The minimum atomic E-state index is -4.83. The number of hydrogen-bond donors (Lipinski definition) is 0. The molecule has 0 aliphatic heterocycles. The van der Waals surface area contributed by atoms with Crippen molar-refractivity contribution in [3.05, 3.63) is 101 Å². The van der Waals surface area contributed by atoms with Crippen molar-refractivity contribution in [3.8, 4) is 6.07 Å². The van der Waals surface area contributed by atoms with Crippen molar-refractivity contribution in [1.29, 1.82) is 5.26 Å². The Labute approximate surface area is 172 Å². The molecule has 3 rings (SSSR count). The van der Waals surface area contributed by atoms with Crippen LogP contribution in [0.1, 0.15) is 22.3 Å². The average molecular weight is 430 g/mol. The Hall–Kier alpha value is -3.15. The first-order valence-electron chi connectivity index (χ1n) is 8.92.